The van der Waals surface area contributed by atoms with Gasteiger partial charge in [0.05, 0.1) is 24.4 Å². The molecule has 1 fully saturated rings. The second kappa shape index (κ2) is 4.51. The highest BCUT2D eigenvalue weighted by Crippen LogP contribution is 2.36. The number of aliphatic hydroxyl groups is 2. The molecule has 1 aliphatic carbocycles. The number of hydrogen-bond acceptors (Lipinski definition) is 5. The highest BCUT2D eigenvalue weighted by Gasteiger charge is 2.34. The third-order valence-electron chi connectivity index (χ3n) is 4.54. The summed E-state index contributed by atoms with van der Waals surface area (Å²) in [7, 11) is 0. The van der Waals surface area contributed by atoms with Gasteiger partial charge in [0.2, 0.25) is 0 Å². The summed E-state index contributed by atoms with van der Waals surface area (Å²) in [6, 6.07) is 2.18. The number of pyridine rings is 1. The Morgan fingerprint density at radius 1 is 1.38 bits per heavy atom. The summed E-state index contributed by atoms with van der Waals surface area (Å²) in [5.41, 5.74) is 1.66. The maximum absolute atomic E-state index is 10.1. The summed E-state index contributed by atoms with van der Waals surface area (Å²) in [4.78, 5) is 7.42. The summed E-state index contributed by atoms with van der Waals surface area (Å²) in [6.45, 7) is -0.177. The van der Waals surface area contributed by atoms with Crippen molar-refractivity contribution in [2.75, 3.05) is 6.61 Å². The third kappa shape index (κ3) is 1.92. The van der Waals surface area contributed by atoms with Crippen molar-refractivity contribution < 1.29 is 10.2 Å². The SMILES string of the molecule is OC[C@]1(O)CC[C@@H](n2nnc3cnc4[nH]ccc4c32)CC1. The fraction of sp³-hybridized carbons (Fsp3) is 0.500. The van der Waals surface area contributed by atoms with E-state index in [4.69, 9.17) is 0 Å². The van der Waals surface area contributed by atoms with E-state index in [9.17, 15) is 10.2 Å². The Kier molecular flexibility index (Phi) is 2.73. The zero-order valence-electron chi connectivity index (χ0n) is 11.5. The Labute approximate surface area is 120 Å². The number of aromatic amines is 1. The molecule has 0 atom stereocenters. The molecule has 0 aromatic carbocycles. The molecule has 0 radical (unpaired) electrons. The number of fused-ring (bicyclic) bond motifs is 3. The first kappa shape index (κ1) is 12.7. The normalized spacial score (nSPS) is 26.7. The van der Waals surface area contributed by atoms with Crippen molar-refractivity contribution in [3.63, 3.8) is 0 Å². The van der Waals surface area contributed by atoms with Gasteiger partial charge in [0.25, 0.3) is 0 Å². The van der Waals surface area contributed by atoms with Gasteiger partial charge in [-0.3, -0.25) is 0 Å². The van der Waals surface area contributed by atoms with Crippen LogP contribution in [0.4, 0.5) is 0 Å². The van der Waals surface area contributed by atoms with Gasteiger partial charge in [0.15, 0.2) is 0 Å². The van der Waals surface area contributed by atoms with Crippen molar-refractivity contribution in [3.8, 4) is 0 Å². The van der Waals surface area contributed by atoms with Gasteiger partial charge in [0, 0.05) is 11.6 Å². The second-order valence-corrected chi connectivity index (χ2v) is 5.88. The summed E-state index contributed by atoms with van der Waals surface area (Å²) < 4.78 is 1.95. The van der Waals surface area contributed by atoms with Gasteiger partial charge in [0.1, 0.15) is 16.7 Å². The van der Waals surface area contributed by atoms with Crippen molar-refractivity contribution in [2.45, 2.75) is 37.3 Å². The zero-order chi connectivity index (χ0) is 14.4. The lowest BCUT2D eigenvalue weighted by atomic mass is 9.83. The third-order valence-corrected chi connectivity index (χ3v) is 4.54. The average Bonchev–Trinajstić information content (AvgIpc) is 3.13. The predicted octanol–water partition coefficient (Wildman–Crippen LogP) is 1.15. The largest absolute Gasteiger partial charge is 0.393 e. The molecule has 0 aliphatic heterocycles. The molecule has 0 amide bonds. The Balaban J connectivity index is 1.76. The Bertz CT molecular complexity index is 785. The van der Waals surface area contributed by atoms with Gasteiger partial charge in [-0.25, -0.2) is 9.67 Å². The van der Waals surface area contributed by atoms with Crippen LogP contribution in [-0.4, -0.2) is 47.4 Å². The van der Waals surface area contributed by atoms with E-state index in [1.165, 1.54) is 0 Å². The molecule has 0 saturated heterocycles. The van der Waals surface area contributed by atoms with Crippen molar-refractivity contribution in [3.05, 3.63) is 18.5 Å². The number of nitrogens with one attached hydrogen (secondary N) is 1. The van der Waals surface area contributed by atoms with Gasteiger partial charge in [-0.1, -0.05) is 5.21 Å². The molecule has 1 aliphatic rings. The maximum atomic E-state index is 10.1. The van der Waals surface area contributed by atoms with Crippen molar-refractivity contribution in [1.29, 1.82) is 0 Å². The van der Waals surface area contributed by atoms with E-state index in [1.54, 1.807) is 6.20 Å². The van der Waals surface area contributed by atoms with Crippen LogP contribution in [0.1, 0.15) is 31.7 Å². The summed E-state index contributed by atoms with van der Waals surface area (Å²) in [5.74, 6) is 0. The highest BCUT2D eigenvalue weighted by molar-refractivity contribution is 6.00. The molecule has 1 saturated carbocycles. The van der Waals surface area contributed by atoms with Crippen molar-refractivity contribution >= 4 is 22.1 Å². The minimum atomic E-state index is -0.933. The van der Waals surface area contributed by atoms with Crippen LogP contribution in [-0.2, 0) is 0 Å². The average molecular weight is 287 g/mol. The van der Waals surface area contributed by atoms with E-state index in [0.717, 1.165) is 34.9 Å². The van der Waals surface area contributed by atoms with Gasteiger partial charge < -0.3 is 15.2 Å². The fourth-order valence-electron chi connectivity index (χ4n) is 3.24. The summed E-state index contributed by atoms with van der Waals surface area (Å²) >= 11 is 0. The predicted molar refractivity (Wildman–Crippen MR) is 76.7 cm³/mol. The second-order valence-electron chi connectivity index (χ2n) is 5.88. The number of aliphatic hydroxyl groups excluding tert-OH is 1. The molecule has 0 spiro atoms. The monoisotopic (exact) mass is 287 g/mol. The molecule has 0 unspecified atom stereocenters. The smallest absolute Gasteiger partial charge is 0.139 e. The van der Waals surface area contributed by atoms with E-state index in [1.807, 2.05) is 16.9 Å². The minimum absolute atomic E-state index is 0.177. The Morgan fingerprint density at radius 3 is 2.95 bits per heavy atom. The van der Waals surface area contributed by atoms with Crippen LogP contribution in [0.5, 0.6) is 0 Å². The number of aromatic nitrogens is 5. The minimum Gasteiger partial charge on any atom is -0.393 e. The molecule has 3 aromatic rings. The van der Waals surface area contributed by atoms with Crippen LogP contribution < -0.4 is 0 Å². The van der Waals surface area contributed by atoms with Gasteiger partial charge >= 0.3 is 0 Å². The quantitative estimate of drug-likeness (QED) is 0.656. The van der Waals surface area contributed by atoms with E-state index in [-0.39, 0.29) is 12.6 Å². The first-order valence-corrected chi connectivity index (χ1v) is 7.20. The first-order valence-electron chi connectivity index (χ1n) is 7.20. The molecule has 110 valence electrons. The van der Waals surface area contributed by atoms with Crippen LogP contribution in [0.15, 0.2) is 18.5 Å². The van der Waals surface area contributed by atoms with E-state index < -0.39 is 5.60 Å². The highest BCUT2D eigenvalue weighted by atomic mass is 16.3. The standard InChI is InChI=1S/C14H17N5O2/c20-8-14(21)4-1-9(2-5-14)19-12-10-3-6-15-13(10)16-7-11(12)17-18-19/h3,6-7,9,20-21H,1-2,4-5,8H2,(H,15,16)/t9-,14+. The van der Waals surface area contributed by atoms with Crippen LogP contribution in [0.2, 0.25) is 0 Å². The van der Waals surface area contributed by atoms with Crippen molar-refractivity contribution in [1.82, 2.24) is 25.0 Å². The molecule has 3 heterocycles. The Hall–Kier alpha value is -1.99. The molecule has 4 rings (SSSR count). The molecule has 0 bridgehead atoms. The van der Waals surface area contributed by atoms with Crippen LogP contribution in [0, 0.1) is 0 Å². The number of H-pyrrole nitrogens is 1. The van der Waals surface area contributed by atoms with Gasteiger partial charge in [-0.05, 0) is 31.7 Å². The maximum Gasteiger partial charge on any atom is 0.139 e. The molecule has 21 heavy (non-hydrogen) atoms. The van der Waals surface area contributed by atoms with E-state index in [2.05, 4.69) is 20.3 Å². The van der Waals surface area contributed by atoms with E-state index in [0.29, 0.717) is 12.8 Å². The molecule has 7 heteroatoms. The van der Waals surface area contributed by atoms with Crippen LogP contribution >= 0.6 is 0 Å². The molecular weight excluding hydrogens is 270 g/mol. The number of rotatable bonds is 2. The zero-order valence-corrected chi connectivity index (χ0v) is 11.5. The lowest BCUT2D eigenvalue weighted by molar-refractivity contribution is -0.0508. The van der Waals surface area contributed by atoms with Gasteiger partial charge in [-0.15, -0.1) is 5.10 Å². The number of hydrogen-bond donors (Lipinski definition) is 3. The Morgan fingerprint density at radius 2 is 2.19 bits per heavy atom. The van der Waals surface area contributed by atoms with Crippen molar-refractivity contribution in [2.24, 2.45) is 0 Å². The van der Waals surface area contributed by atoms with Gasteiger partial charge in [-0.2, -0.15) is 0 Å². The number of nitrogens with zero attached hydrogens (tertiary/aromatic N) is 4. The first-order chi connectivity index (χ1) is 10.2. The molecule has 3 N–H and O–H groups in total. The van der Waals surface area contributed by atoms with Crippen LogP contribution in [0.25, 0.3) is 22.1 Å². The lowest BCUT2D eigenvalue weighted by Gasteiger charge is -2.34. The lowest BCUT2D eigenvalue weighted by Crippen LogP contribution is -2.38. The van der Waals surface area contributed by atoms with Crippen LogP contribution in [0.3, 0.4) is 0 Å². The topological polar surface area (TPSA) is 99.8 Å². The summed E-state index contributed by atoms with van der Waals surface area (Å²) in [5, 5.41) is 28.9. The summed E-state index contributed by atoms with van der Waals surface area (Å²) in [6.07, 6.45) is 6.31. The molecule has 7 nitrogen and oxygen atoms in total. The molecule has 3 aromatic heterocycles. The molecular formula is C14H17N5O2. The van der Waals surface area contributed by atoms with E-state index >= 15 is 0 Å². The fourth-order valence-corrected chi connectivity index (χ4v) is 3.24.